The molecule has 15 nitrogen and oxygen atoms in total. The van der Waals surface area contributed by atoms with Crippen LogP contribution < -0.4 is 22.5 Å². The van der Waals surface area contributed by atoms with E-state index in [0.29, 0.717) is 0 Å². The van der Waals surface area contributed by atoms with Crippen LogP contribution in [0.1, 0.15) is 0 Å². The lowest BCUT2D eigenvalue weighted by molar-refractivity contribution is 0.0824. The highest BCUT2D eigenvalue weighted by Gasteiger charge is 2.21. The van der Waals surface area contributed by atoms with Gasteiger partial charge in [0, 0.05) is 14.1 Å². The van der Waals surface area contributed by atoms with Crippen molar-refractivity contribution < 1.29 is 15.3 Å². The predicted octanol–water partition coefficient (Wildman–Crippen LogP) is -2.72. The molecule has 0 saturated carbocycles. The molecule has 0 aliphatic carbocycles. The number of aromatic hydroxyl groups is 1. The summed E-state index contributed by atoms with van der Waals surface area (Å²) in [6.45, 7) is -0.967. The number of hydrogen-bond donors (Lipinski definition) is 5. The molecule has 154 valence electrons. The van der Waals surface area contributed by atoms with Crippen LogP contribution in [-0.4, -0.2) is 56.7 Å². The summed E-state index contributed by atoms with van der Waals surface area (Å²) in [6, 6.07) is 0. The van der Waals surface area contributed by atoms with Crippen LogP contribution in [-0.2, 0) is 20.6 Å². The fourth-order valence-electron chi connectivity index (χ4n) is 2.61. The van der Waals surface area contributed by atoms with Crippen molar-refractivity contribution in [3.8, 4) is 5.88 Å². The number of nitrogens with one attached hydrogen (secondary N) is 2. The van der Waals surface area contributed by atoms with E-state index in [4.69, 9.17) is 5.11 Å². The number of hydrogen-bond acceptors (Lipinski definition) is 10. The third kappa shape index (κ3) is 3.39. The Labute approximate surface area is 158 Å². The number of aliphatic hydroxyl groups is 2. The molecule has 0 saturated heterocycles. The maximum absolute atomic E-state index is 12.6. The first-order valence-electron chi connectivity index (χ1n) is 8.08. The largest absolute Gasteiger partial charge is 0.493 e. The van der Waals surface area contributed by atoms with Crippen LogP contribution >= 0.6 is 0 Å². The average Bonchev–Trinajstić information content (AvgIpc) is 3.02. The Balaban J connectivity index is 2.29. The molecule has 15 heteroatoms. The second-order valence-corrected chi connectivity index (χ2v) is 6.04. The minimum Gasteiger partial charge on any atom is -0.493 e. The number of aryl methyl sites for hydroxylation is 1. The van der Waals surface area contributed by atoms with Gasteiger partial charge >= 0.3 is 11.4 Å². The predicted molar refractivity (Wildman–Crippen MR) is 96.8 cm³/mol. The van der Waals surface area contributed by atoms with Crippen molar-refractivity contribution >= 4 is 22.8 Å². The van der Waals surface area contributed by atoms with E-state index in [1.54, 1.807) is 0 Å². The van der Waals surface area contributed by atoms with Crippen molar-refractivity contribution in [3.63, 3.8) is 0 Å². The summed E-state index contributed by atoms with van der Waals surface area (Å²) in [6.07, 6.45) is -1.30. The van der Waals surface area contributed by atoms with Crippen molar-refractivity contribution in [2.75, 3.05) is 6.61 Å². The molecule has 3 aromatic rings. The molecule has 0 spiro atoms. The van der Waals surface area contributed by atoms with Gasteiger partial charge in [0.1, 0.15) is 0 Å². The SMILES string of the molecule is Cn1c(=O)c2c(nc(N=Nc3c(O)[nH]c(=O)[nH]c3=O)n2C[C@@H](O)CO)n(C)c1=O. The molecule has 3 heterocycles. The first kappa shape index (κ1) is 19.9. The van der Waals surface area contributed by atoms with Gasteiger partial charge < -0.3 is 15.3 Å². The van der Waals surface area contributed by atoms with Crippen LogP contribution in [0.2, 0.25) is 0 Å². The maximum Gasteiger partial charge on any atom is 0.332 e. The van der Waals surface area contributed by atoms with Gasteiger partial charge in [0.25, 0.3) is 17.1 Å². The molecule has 0 amide bonds. The molecule has 3 aromatic heterocycles. The van der Waals surface area contributed by atoms with Crippen LogP contribution in [0.3, 0.4) is 0 Å². The molecular formula is C14H16N8O7. The highest BCUT2D eigenvalue weighted by molar-refractivity contribution is 5.73. The van der Waals surface area contributed by atoms with E-state index < -0.39 is 46.8 Å². The smallest absolute Gasteiger partial charge is 0.332 e. The molecule has 0 aromatic carbocycles. The Morgan fingerprint density at radius 3 is 2.41 bits per heavy atom. The van der Waals surface area contributed by atoms with E-state index in [1.807, 2.05) is 9.97 Å². The second kappa shape index (κ2) is 7.28. The number of azo groups is 1. The standard InChI is InChI=1S/C14H16N8O7/c1-20-8-7(11(27)21(2)14(20)29)22(3-5(24)4-23)12(15-8)19-18-6-9(25)16-13(28)17-10(6)26/h5,23-24H,3-4H2,1-2H3,(H3,16,17,25,26,28)/t5-/m1/s1. The Hall–Kier alpha value is -3.85. The molecule has 0 fully saturated rings. The Kier molecular flexibility index (Phi) is 5.00. The molecule has 0 radical (unpaired) electrons. The number of fused-ring (bicyclic) bond motifs is 1. The van der Waals surface area contributed by atoms with E-state index in [9.17, 15) is 29.4 Å². The van der Waals surface area contributed by atoms with Gasteiger partial charge in [-0.2, -0.15) is 4.98 Å². The highest BCUT2D eigenvalue weighted by atomic mass is 16.3. The molecular weight excluding hydrogens is 392 g/mol. The molecule has 0 unspecified atom stereocenters. The summed E-state index contributed by atoms with van der Waals surface area (Å²) in [7, 11) is 2.62. The van der Waals surface area contributed by atoms with Gasteiger partial charge in [-0.05, 0) is 0 Å². The van der Waals surface area contributed by atoms with Gasteiger partial charge in [-0.25, -0.2) is 9.59 Å². The van der Waals surface area contributed by atoms with E-state index in [0.717, 1.165) is 13.7 Å². The van der Waals surface area contributed by atoms with Crippen LogP contribution in [0.4, 0.5) is 11.6 Å². The normalized spacial score (nSPS) is 12.8. The Morgan fingerprint density at radius 2 is 1.79 bits per heavy atom. The van der Waals surface area contributed by atoms with Gasteiger partial charge in [0.2, 0.25) is 11.6 Å². The summed E-state index contributed by atoms with van der Waals surface area (Å²) < 4.78 is 3.01. The van der Waals surface area contributed by atoms with Gasteiger partial charge in [0.15, 0.2) is 11.2 Å². The maximum atomic E-state index is 12.6. The van der Waals surface area contributed by atoms with Gasteiger partial charge in [-0.15, -0.1) is 10.2 Å². The molecule has 5 N–H and O–H groups in total. The fraction of sp³-hybridized carbons (Fsp3) is 0.357. The van der Waals surface area contributed by atoms with E-state index in [2.05, 4.69) is 15.2 Å². The summed E-state index contributed by atoms with van der Waals surface area (Å²) >= 11 is 0. The third-order valence-corrected chi connectivity index (χ3v) is 4.07. The molecule has 3 rings (SSSR count). The Bertz CT molecular complexity index is 1360. The number of aromatic nitrogens is 6. The topological polar surface area (TPSA) is 213 Å². The number of aromatic amines is 2. The van der Waals surface area contributed by atoms with E-state index in [-0.39, 0.29) is 23.7 Å². The molecule has 29 heavy (non-hydrogen) atoms. The van der Waals surface area contributed by atoms with Crippen LogP contribution in [0.25, 0.3) is 11.2 Å². The number of nitrogens with zero attached hydrogens (tertiary/aromatic N) is 6. The van der Waals surface area contributed by atoms with Crippen molar-refractivity contribution in [1.82, 2.24) is 28.7 Å². The summed E-state index contributed by atoms with van der Waals surface area (Å²) in [5.74, 6) is -1.14. The minimum absolute atomic E-state index is 0.0724. The van der Waals surface area contributed by atoms with Crippen molar-refractivity contribution in [3.05, 3.63) is 41.7 Å². The zero-order valence-electron chi connectivity index (χ0n) is 15.1. The quantitative estimate of drug-likeness (QED) is 0.279. The average molecular weight is 408 g/mol. The number of aliphatic hydroxyl groups excluding tert-OH is 2. The Morgan fingerprint density at radius 1 is 1.10 bits per heavy atom. The first-order chi connectivity index (χ1) is 13.6. The molecule has 0 bridgehead atoms. The first-order valence-corrected chi connectivity index (χ1v) is 8.08. The van der Waals surface area contributed by atoms with Crippen molar-refractivity contribution in [2.45, 2.75) is 12.6 Å². The number of rotatable bonds is 5. The van der Waals surface area contributed by atoms with E-state index >= 15 is 0 Å². The number of H-pyrrole nitrogens is 2. The fourth-order valence-corrected chi connectivity index (χ4v) is 2.61. The minimum atomic E-state index is -1.30. The summed E-state index contributed by atoms with van der Waals surface area (Å²) in [5.41, 5.74) is -4.18. The molecule has 0 aliphatic heterocycles. The van der Waals surface area contributed by atoms with Gasteiger partial charge in [0.05, 0.1) is 19.3 Å². The van der Waals surface area contributed by atoms with Gasteiger partial charge in [-0.3, -0.25) is 33.3 Å². The summed E-state index contributed by atoms with van der Waals surface area (Å²) in [4.78, 5) is 55.4. The lowest BCUT2D eigenvalue weighted by atomic mass is 10.3. The zero-order valence-corrected chi connectivity index (χ0v) is 15.1. The molecule has 1 atom stereocenters. The van der Waals surface area contributed by atoms with E-state index in [1.165, 1.54) is 14.1 Å². The lowest BCUT2D eigenvalue weighted by Crippen LogP contribution is -2.38. The van der Waals surface area contributed by atoms with Crippen LogP contribution in [0, 0.1) is 0 Å². The van der Waals surface area contributed by atoms with Gasteiger partial charge in [-0.1, -0.05) is 0 Å². The lowest BCUT2D eigenvalue weighted by Gasteiger charge is -2.10. The van der Waals surface area contributed by atoms with Crippen molar-refractivity contribution in [2.24, 2.45) is 24.3 Å². The van der Waals surface area contributed by atoms with Crippen LogP contribution in [0.5, 0.6) is 5.88 Å². The highest BCUT2D eigenvalue weighted by Crippen LogP contribution is 2.23. The monoisotopic (exact) mass is 408 g/mol. The van der Waals surface area contributed by atoms with Crippen LogP contribution in [0.15, 0.2) is 29.4 Å². The number of imidazole rings is 1. The second-order valence-electron chi connectivity index (χ2n) is 6.04. The summed E-state index contributed by atoms with van der Waals surface area (Å²) in [5, 5.41) is 35.9. The van der Waals surface area contributed by atoms with Crippen molar-refractivity contribution in [1.29, 1.82) is 0 Å². The molecule has 0 aliphatic rings. The third-order valence-electron chi connectivity index (χ3n) is 4.07. The zero-order chi connectivity index (χ0) is 21.5.